The van der Waals surface area contributed by atoms with Gasteiger partial charge in [-0.1, -0.05) is 57.2 Å². The van der Waals surface area contributed by atoms with E-state index in [2.05, 4.69) is 20.8 Å². The number of aliphatic hydroxyl groups excluding tert-OH is 1. The number of aryl methyl sites for hydroxylation is 1. The monoisotopic (exact) mass is 513 g/mol. The van der Waals surface area contributed by atoms with Crippen LogP contribution in [0.3, 0.4) is 0 Å². The van der Waals surface area contributed by atoms with Gasteiger partial charge < -0.3 is 19.8 Å². The van der Waals surface area contributed by atoms with Gasteiger partial charge in [-0.15, -0.1) is 0 Å². The van der Waals surface area contributed by atoms with Gasteiger partial charge in [0.1, 0.15) is 11.5 Å². The van der Waals surface area contributed by atoms with Crippen molar-refractivity contribution in [2.45, 2.75) is 45.7 Å². The number of amides is 1. The van der Waals surface area contributed by atoms with Crippen molar-refractivity contribution in [2.75, 3.05) is 7.11 Å². The number of carboxylic acid groups (broad SMARTS) is 1. The van der Waals surface area contributed by atoms with Crippen molar-refractivity contribution in [1.82, 2.24) is 4.90 Å². The van der Waals surface area contributed by atoms with Gasteiger partial charge in [0.15, 0.2) is 0 Å². The number of methoxy groups -OCH3 is 1. The van der Waals surface area contributed by atoms with Crippen LogP contribution < -0.4 is 4.74 Å². The Morgan fingerprint density at radius 2 is 1.58 bits per heavy atom. The van der Waals surface area contributed by atoms with Gasteiger partial charge in [0, 0.05) is 12.1 Å². The fraction of sp³-hybridized carbons (Fsp3) is 0.258. The fourth-order valence-corrected chi connectivity index (χ4v) is 4.68. The molecule has 1 atom stereocenters. The van der Waals surface area contributed by atoms with E-state index in [-0.39, 0.29) is 28.9 Å². The van der Waals surface area contributed by atoms with Gasteiger partial charge >= 0.3 is 5.97 Å². The highest BCUT2D eigenvalue weighted by atomic mass is 16.5. The molecule has 1 amide bonds. The van der Waals surface area contributed by atoms with Crippen molar-refractivity contribution < 1.29 is 29.3 Å². The first-order valence-electron chi connectivity index (χ1n) is 12.3. The number of rotatable bonds is 6. The molecule has 1 fully saturated rings. The molecule has 0 aliphatic carbocycles. The number of nitrogens with zero attached hydrogens (tertiary/aromatic N) is 1. The second-order valence-corrected chi connectivity index (χ2v) is 10.5. The molecule has 196 valence electrons. The zero-order valence-electron chi connectivity index (χ0n) is 22.1. The SMILES string of the molecule is COc1ccc(/C(O)=C2/C(=O)C(=O)N(Cc3ccc(C(=O)O)cc3)C2c2ccc(C(C)(C)C)cc2)c(C)c1. The first-order valence-corrected chi connectivity index (χ1v) is 12.3. The van der Waals surface area contributed by atoms with Crippen LogP contribution in [0.25, 0.3) is 5.76 Å². The Labute approximate surface area is 222 Å². The predicted octanol–water partition coefficient (Wildman–Crippen LogP) is 5.62. The summed E-state index contributed by atoms with van der Waals surface area (Å²) < 4.78 is 5.27. The van der Waals surface area contributed by atoms with Crippen LogP contribution in [0.1, 0.15) is 65.0 Å². The van der Waals surface area contributed by atoms with Gasteiger partial charge in [-0.05, 0) is 64.9 Å². The molecule has 0 bridgehead atoms. The van der Waals surface area contributed by atoms with Crippen molar-refractivity contribution >= 4 is 23.4 Å². The number of aromatic carboxylic acids is 1. The van der Waals surface area contributed by atoms with E-state index in [0.717, 1.165) is 5.56 Å². The maximum Gasteiger partial charge on any atom is 0.335 e. The van der Waals surface area contributed by atoms with Crippen molar-refractivity contribution in [1.29, 1.82) is 0 Å². The Bertz CT molecular complexity index is 1430. The molecule has 1 aliphatic rings. The molecule has 1 unspecified atom stereocenters. The lowest BCUT2D eigenvalue weighted by molar-refractivity contribution is -0.140. The Hall–Kier alpha value is -4.39. The van der Waals surface area contributed by atoms with Crippen LogP contribution in [0.5, 0.6) is 5.75 Å². The van der Waals surface area contributed by atoms with Crippen molar-refractivity contribution in [3.8, 4) is 5.75 Å². The summed E-state index contributed by atoms with van der Waals surface area (Å²) in [4.78, 5) is 39.4. The van der Waals surface area contributed by atoms with Crippen LogP contribution in [-0.4, -0.2) is 39.9 Å². The van der Waals surface area contributed by atoms with Crippen molar-refractivity contribution in [3.05, 3.63) is 106 Å². The molecule has 38 heavy (non-hydrogen) atoms. The van der Waals surface area contributed by atoms with E-state index in [4.69, 9.17) is 4.74 Å². The molecule has 0 spiro atoms. The predicted molar refractivity (Wildman–Crippen MR) is 144 cm³/mol. The molecule has 2 N–H and O–H groups in total. The highest BCUT2D eigenvalue weighted by Gasteiger charge is 2.46. The largest absolute Gasteiger partial charge is 0.507 e. The van der Waals surface area contributed by atoms with E-state index >= 15 is 0 Å². The summed E-state index contributed by atoms with van der Waals surface area (Å²) in [5.41, 5.74) is 3.61. The van der Waals surface area contributed by atoms with Gasteiger partial charge in [-0.2, -0.15) is 0 Å². The van der Waals surface area contributed by atoms with Gasteiger partial charge in [-0.3, -0.25) is 9.59 Å². The molecule has 4 rings (SSSR count). The molecular formula is C31H31NO6. The van der Waals surface area contributed by atoms with E-state index in [0.29, 0.717) is 28.0 Å². The van der Waals surface area contributed by atoms with Crippen LogP contribution in [-0.2, 0) is 21.5 Å². The number of carbonyl (C=O) groups excluding carboxylic acids is 2. The Balaban J connectivity index is 1.85. The molecule has 1 aliphatic heterocycles. The summed E-state index contributed by atoms with van der Waals surface area (Å²) in [5.74, 6) is -2.20. The average molecular weight is 514 g/mol. The number of carboxylic acids is 1. The Morgan fingerprint density at radius 1 is 0.947 bits per heavy atom. The summed E-state index contributed by atoms with van der Waals surface area (Å²) in [7, 11) is 1.55. The number of hydrogen-bond donors (Lipinski definition) is 2. The standard InChI is InChI=1S/C31H31NO6/c1-18-16-23(38-5)14-15-24(18)27(33)25-26(20-10-12-22(13-11-20)31(2,3)4)32(29(35)28(25)34)17-19-6-8-21(9-7-19)30(36)37/h6-16,26,33H,17H2,1-5H3,(H,36,37)/b27-25-. The lowest BCUT2D eigenvalue weighted by Gasteiger charge is -2.27. The molecule has 1 saturated heterocycles. The van der Waals surface area contributed by atoms with Crippen LogP contribution >= 0.6 is 0 Å². The smallest absolute Gasteiger partial charge is 0.335 e. The number of likely N-dealkylation sites (tertiary alicyclic amines) is 1. The number of aliphatic hydroxyl groups is 1. The molecule has 0 aromatic heterocycles. The summed E-state index contributed by atoms with van der Waals surface area (Å²) in [6, 6.07) is 18.1. The second-order valence-electron chi connectivity index (χ2n) is 10.5. The summed E-state index contributed by atoms with van der Waals surface area (Å²) >= 11 is 0. The molecule has 0 radical (unpaired) electrons. The normalized spacial score (nSPS) is 17.1. The minimum Gasteiger partial charge on any atom is -0.507 e. The molecular weight excluding hydrogens is 482 g/mol. The van der Waals surface area contributed by atoms with Gasteiger partial charge in [0.2, 0.25) is 0 Å². The van der Waals surface area contributed by atoms with E-state index in [9.17, 15) is 24.6 Å². The van der Waals surface area contributed by atoms with Crippen LogP contribution in [0.4, 0.5) is 0 Å². The first-order chi connectivity index (χ1) is 17.9. The zero-order valence-corrected chi connectivity index (χ0v) is 22.1. The molecule has 7 nitrogen and oxygen atoms in total. The quantitative estimate of drug-likeness (QED) is 0.252. The average Bonchev–Trinajstić information content (AvgIpc) is 3.13. The summed E-state index contributed by atoms with van der Waals surface area (Å²) in [5, 5.41) is 20.6. The Kier molecular flexibility index (Phi) is 7.14. The molecule has 7 heteroatoms. The highest BCUT2D eigenvalue weighted by Crippen LogP contribution is 2.41. The number of ether oxygens (including phenoxy) is 1. The summed E-state index contributed by atoms with van der Waals surface area (Å²) in [6.45, 7) is 8.16. The molecule has 3 aromatic carbocycles. The topological polar surface area (TPSA) is 104 Å². The molecule has 3 aromatic rings. The first kappa shape index (κ1) is 26.7. The number of ketones is 1. The highest BCUT2D eigenvalue weighted by molar-refractivity contribution is 6.46. The van der Waals surface area contributed by atoms with Crippen LogP contribution in [0.2, 0.25) is 0 Å². The number of carbonyl (C=O) groups is 3. The third-order valence-electron chi connectivity index (χ3n) is 6.87. The van der Waals surface area contributed by atoms with Crippen molar-refractivity contribution in [3.63, 3.8) is 0 Å². The lowest BCUT2D eigenvalue weighted by atomic mass is 9.85. The lowest BCUT2D eigenvalue weighted by Crippen LogP contribution is -2.29. The Morgan fingerprint density at radius 3 is 2.11 bits per heavy atom. The van der Waals surface area contributed by atoms with Gasteiger partial charge in [0.25, 0.3) is 11.7 Å². The van der Waals surface area contributed by atoms with E-state index < -0.39 is 23.7 Å². The van der Waals surface area contributed by atoms with E-state index in [1.807, 2.05) is 24.3 Å². The van der Waals surface area contributed by atoms with Gasteiger partial charge in [-0.25, -0.2) is 4.79 Å². The summed E-state index contributed by atoms with van der Waals surface area (Å²) in [6.07, 6.45) is 0. The van der Waals surface area contributed by atoms with Crippen LogP contribution in [0.15, 0.2) is 72.3 Å². The minimum absolute atomic E-state index is 0.00827. The maximum atomic E-state index is 13.4. The minimum atomic E-state index is -1.05. The van der Waals surface area contributed by atoms with E-state index in [1.165, 1.54) is 17.0 Å². The third-order valence-corrected chi connectivity index (χ3v) is 6.87. The number of benzene rings is 3. The number of Topliss-reactive ketones (excluding diaryl/α,β-unsaturated/α-hetero) is 1. The molecule has 0 saturated carbocycles. The molecule has 1 heterocycles. The zero-order chi connectivity index (χ0) is 27.8. The van der Waals surface area contributed by atoms with E-state index in [1.54, 1.807) is 44.4 Å². The second kappa shape index (κ2) is 10.2. The van der Waals surface area contributed by atoms with Crippen molar-refractivity contribution in [2.24, 2.45) is 0 Å². The van der Waals surface area contributed by atoms with Crippen LogP contribution in [0, 0.1) is 6.92 Å². The third kappa shape index (κ3) is 5.05. The maximum absolute atomic E-state index is 13.4. The van der Waals surface area contributed by atoms with Gasteiger partial charge in [0.05, 0.1) is 24.3 Å². The number of hydrogen-bond acceptors (Lipinski definition) is 5. The fourth-order valence-electron chi connectivity index (χ4n) is 4.68.